The van der Waals surface area contributed by atoms with Crippen LogP contribution in [0.25, 0.3) is 0 Å². The molecule has 0 aliphatic heterocycles. The Morgan fingerprint density at radius 3 is 2.26 bits per heavy atom. The van der Waals surface area contributed by atoms with Crippen molar-refractivity contribution in [1.29, 1.82) is 5.26 Å². The third kappa shape index (κ3) is 3.90. The molecular formula is C9H4F6N2O2. The first kappa shape index (κ1) is 14.9. The van der Waals surface area contributed by atoms with Crippen LogP contribution < -0.4 is 10.2 Å². The molecule has 1 aromatic heterocycles. The van der Waals surface area contributed by atoms with Crippen LogP contribution >= 0.6 is 0 Å². The zero-order valence-corrected chi connectivity index (χ0v) is 8.82. The van der Waals surface area contributed by atoms with Crippen molar-refractivity contribution in [3.05, 3.63) is 27.5 Å². The smallest absolute Gasteiger partial charge is 0.390 e. The molecule has 104 valence electrons. The summed E-state index contributed by atoms with van der Waals surface area (Å²) >= 11 is 0. The fourth-order valence-electron chi connectivity index (χ4n) is 1.29. The summed E-state index contributed by atoms with van der Waals surface area (Å²) in [7, 11) is 0. The highest BCUT2D eigenvalue weighted by Gasteiger charge is 2.38. The number of nitrogens with one attached hydrogen (secondary N) is 1. The minimum atomic E-state index is -5.17. The first-order valence-electron chi connectivity index (χ1n) is 4.50. The second-order valence-corrected chi connectivity index (χ2v) is 3.23. The molecule has 0 aliphatic rings. The highest BCUT2D eigenvalue weighted by molar-refractivity contribution is 5.30. The molecule has 0 aromatic carbocycles. The fourth-order valence-corrected chi connectivity index (χ4v) is 1.29. The quantitative estimate of drug-likeness (QED) is 0.849. The van der Waals surface area contributed by atoms with Crippen LogP contribution in [0.5, 0.6) is 5.88 Å². The van der Waals surface area contributed by atoms with E-state index in [1.54, 1.807) is 4.98 Å². The zero-order chi connectivity index (χ0) is 14.8. The minimum Gasteiger partial charge on any atom is -0.390 e. The standard InChI is InChI=1S/C9H4F6N2O2/c10-8(11,12)7-4(1-2-16)17-6(3-5(7)18)19-9(13,14)15/h3H,1H2,(H,17,18). The molecule has 0 spiro atoms. The van der Waals surface area contributed by atoms with Crippen LogP contribution in [0.1, 0.15) is 11.3 Å². The molecule has 1 aromatic rings. The number of halogens is 6. The summed E-state index contributed by atoms with van der Waals surface area (Å²) in [6.45, 7) is 0. The lowest BCUT2D eigenvalue weighted by molar-refractivity contribution is -0.276. The van der Waals surface area contributed by atoms with Crippen molar-refractivity contribution in [2.45, 2.75) is 19.0 Å². The Morgan fingerprint density at radius 1 is 1.26 bits per heavy atom. The molecule has 0 amide bonds. The topological polar surface area (TPSA) is 65.9 Å². The van der Waals surface area contributed by atoms with Gasteiger partial charge in [0.25, 0.3) is 0 Å². The second-order valence-electron chi connectivity index (χ2n) is 3.23. The molecule has 0 saturated heterocycles. The van der Waals surface area contributed by atoms with Gasteiger partial charge in [-0.15, -0.1) is 13.2 Å². The summed E-state index contributed by atoms with van der Waals surface area (Å²) in [6.07, 6.45) is -11.2. The van der Waals surface area contributed by atoms with E-state index < -0.39 is 41.5 Å². The molecular weight excluding hydrogens is 282 g/mol. The van der Waals surface area contributed by atoms with Gasteiger partial charge >= 0.3 is 12.5 Å². The molecule has 0 fully saturated rings. The van der Waals surface area contributed by atoms with Gasteiger partial charge in [0.1, 0.15) is 5.56 Å². The number of pyridine rings is 1. The van der Waals surface area contributed by atoms with E-state index in [1.807, 2.05) is 0 Å². The second kappa shape index (κ2) is 4.83. The SMILES string of the molecule is N#CCc1[nH]c(OC(F)(F)F)cc(=O)c1C(F)(F)F. The van der Waals surface area contributed by atoms with Crippen molar-refractivity contribution in [2.75, 3.05) is 0 Å². The average Bonchev–Trinajstić information content (AvgIpc) is 2.11. The van der Waals surface area contributed by atoms with Crippen LogP contribution in [0.15, 0.2) is 10.9 Å². The van der Waals surface area contributed by atoms with Crippen molar-refractivity contribution >= 4 is 0 Å². The first-order valence-corrected chi connectivity index (χ1v) is 4.50. The monoisotopic (exact) mass is 286 g/mol. The molecule has 1 N–H and O–H groups in total. The van der Waals surface area contributed by atoms with E-state index in [2.05, 4.69) is 4.74 Å². The number of hydrogen-bond donors (Lipinski definition) is 1. The number of alkyl halides is 6. The van der Waals surface area contributed by atoms with E-state index in [1.165, 1.54) is 6.07 Å². The Kier molecular flexibility index (Phi) is 3.78. The molecule has 4 nitrogen and oxygen atoms in total. The zero-order valence-electron chi connectivity index (χ0n) is 8.82. The molecule has 10 heteroatoms. The van der Waals surface area contributed by atoms with E-state index in [-0.39, 0.29) is 6.07 Å². The number of ether oxygens (including phenoxy) is 1. The Balaban J connectivity index is 3.39. The average molecular weight is 286 g/mol. The van der Waals surface area contributed by atoms with Gasteiger partial charge in [0, 0.05) is 11.8 Å². The number of aromatic amines is 1. The molecule has 0 bridgehead atoms. The maximum atomic E-state index is 12.5. The van der Waals surface area contributed by atoms with E-state index in [9.17, 15) is 31.1 Å². The van der Waals surface area contributed by atoms with E-state index in [0.717, 1.165) is 0 Å². The third-order valence-electron chi connectivity index (χ3n) is 1.85. The number of aromatic nitrogens is 1. The summed E-state index contributed by atoms with van der Waals surface area (Å²) in [4.78, 5) is 12.8. The van der Waals surface area contributed by atoms with Crippen LogP contribution in [0.4, 0.5) is 26.3 Å². The molecule has 19 heavy (non-hydrogen) atoms. The Morgan fingerprint density at radius 2 is 1.84 bits per heavy atom. The Bertz CT molecular complexity index is 566. The van der Waals surface area contributed by atoms with Gasteiger partial charge in [0.2, 0.25) is 5.88 Å². The molecule has 0 saturated carbocycles. The molecule has 0 aliphatic carbocycles. The lowest BCUT2D eigenvalue weighted by Gasteiger charge is -2.13. The number of H-pyrrole nitrogens is 1. The summed E-state index contributed by atoms with van der Waals surface area (Å²) in [6, 6.07) is 1.33. The normalized spacial score (nSPS) is 12.1. The van der Waals surface area contributed by atoms with Crippen LogP contribution in [-0.2, 0) is 12.6 Å². The summed E-state index contributed by atoms with van der Waals surface area (Å²) in [5, 5.41) is 8.32. The molecule has 0 unspecified atom stereocenters. The third-order valence-corrected chi connectivity index (χ3v) is 1.85. The van der Waals surface area contributed by atoms with Crippen LogP contribution in [0, 0.1) is 11.3 Å². The van der Waals surface area contributed by atoms with Crippen LogP contribution in [0.2, 0.25) is 0 Å². The lowest BCUT2D eigenvalue weighted by Crippen LogP contribution is -2.25. The van der Waals surface area contributed by atoms with Crippen molar-refractivity contribution in [3.8, 4) is 11.9 Å². The fraction of sp³-hybridized carbons (Fsp3) is 0.333. The van der Waals surface area contributed by atoms with Crippen molar-refractivity contribution in [3.63, 3.8) is 0 Å². The number of hydrogen-bond acceptors (Lipinski definition) is 3. The minimum absolute atomic E-state index is 0.0250. The summed E-state index contributed by atoms with van der Waals surface area (Å²) in [5.41, 5.74) is -4.42. The molecule has 1 rings (SSSR count). The largest absolute Gasteiger partial charge is 0.574 e. The van der Waals surface area contributed by atoms with Crippen molar-refractivity contribution < 1.29 is 31.1 Å². The van der Waals surface area contributed by atoms with Crippen molar-refractivity contribution in [2.24, 2.45) is 0 Å². The van der Waals surface area contributed by atoms with Crippen LogP contribution in [0.3, 0.4) is 0 Å². The van der Waals surface area contributed by atoms with E-state index in [0.29, 0.717) is 0 Å². The van der Waals surface area contributed by atoms with Gasteiger partial charge in [-0.1, -0.05) is 0 Å². The lowest BCUT2D eigenvalue weighted by atomic mass is 10.1. The van der Waals surface area contributed by atoms with Gasteiger partial charge in [-0.2, -0.15) is 18.4 Å². The van der Waals surface area contributed by atoms with Gasteiger partial charge in [-0.25, -0.2) is 0 Å². The van der Waals surface area contributed by atoms with Crippen LogP contribution in [-0.4, -0.2) is 11.3 Å². The van der Waals surface area contributed by atoms with Gasteiger partial charge in [-0.05, 0) is 0 Å². The van der Waals surface area contributed by atoms with E-state index >= 15 is 0 Å². The predicted octanol–water partition coefficient (Wildman–Crippen LogP) is 2.36. The van der Waals surface area contributed by atoms with Gasteiger partial charge in [-0.3, -0.25) is 4.79 Å². The molecule has 1 heterocycles. The number of nitriles is 1. The van der Waals surface area contributed by atoms with Gasteiger partial charge < -0.3 is 9.72 Å². The maximum absolute atomic E-state index is 12.5. The molecule has 0 radical (unpaired) electrons. The molecule has 0 atom stereocenters. The highest BCUT2D eigenvalue weighted by Crippen LogP contribution is 2.30. The Hall–Kier alpha value is -2.18. The van der Waals surface area contributed by atoms with Gasteiger partial charge in [0.05, 0.1) is 12.5 Å². The number of nitrogens with zero attached hydrogens (tertiary/aromatic N) is 1. The Labute approximate surface area is 101 Å². The summed E-state index contributed by atoms with van der Waals surface area (Å²) in [5.74, 6) is -1.21. The first-order chi connectivity index (χ1) is 8.54. The highest BCUT2D eigenvalue weighted by atomic mass is 19.4. The van der Waals surface area contributed by atoms with E-state index in [4.69, 9.17) is 5.26 Å². The predicted molar refractivity (Wildman–Crippen MR) is 48.1 cm³/mol. The summed E-state index contributed by atoms with van der Waals surface area (Å²) < 4.78 is 76.5. The van der Waals surface area contributed by atoms with Gasteiger partial charge in [0.15, 0.2) is 5.43 Å². The maximum Gasteiger partial charge on any atom is 0.574 e. The number of rotatable bonds is 2. The van der Waals surface area contributed by atoms with Crippen molar-refractivity contribution in [1.82, 2.24) is 4.98 Å².